The lowest BCUT2D eigenvalue weighted by Gasteiger charge is -2.04. The van der Waals surface area contributed by atoms with Crippen LogP contribution in [0, 0.1) is 6.92 Å². The topological polar surface area (TPSA) is 86.7 Å². The third kappa shape index (κ3) is 4.98. The molecule has 0 saturated heterocycles. The van der Waals surface area contributed by atoms with Gasteiger partial charge >= 0.3 is 0 Å². The lowest BCUT2D eigenvalue weighted by molar-refractivity contribution is -0.133. The molecule has 0 bridgehead atoms. The van der Waals surface area contributed by atoms with Crippen LogP contribution in [0.2, 0.25) is 0 Å². The second kappa shape index (κ2) is 9.05. The van der Waals surface area contributed by atoms with Crippen molar-refractivity contribution >= 4 is 5.91 Å². The average Bonchev–Trinajstić information content (AvgIpc) is 3.31. The summed E-state index contributed by atoms with van der Waals surface area (Å²) >= 11 is 0. The van der Waals surface area contributed by atoms with E-state index in [1.165, 1.54) is 0 Å². The van der Waals surface area contributed by atoms with E-state index in [-0.39, 0.29) is 12.3 Å². The van der Waals surface area contributed by atoms with Crippen molar-refractivity contribution in [2.24, 2.45) is 0 Å². The maximum atomic E-state index is 12.1. The van der Waals surface area contributed by atoms with Crippen LogP contribution in [0.1, 0.15) is 23.6 Å². The molecular formula is C20H22N2O5. The lowest BCUT2D eigenvalue weighted by atomic mass is 10.2. The van der Waals surface area contributed by atoms with Crippen LogP contribution in [0.4, 0.5) is 0 Å². The van der Waals surface area contributed by atoms with Crippen molar-refractivity contribution < 1.29 is 23.2 Å². The molecular weight excluding hydrogens is 348 g/mol. The van der Waals surface area contributed by atoms with Crippen LogP contribution < -0.4 is 10.2 Å². The molecule has 0 unspecified atom stereocenters. The van der Waals surface area contributed by atoms with Crippen LogP contribution in [-0.2, 0) is 22.5 Å². The minimum absolute atomic E-state index is 0.0721. The van der Waals surface area contributed by atoms with Gasteiger partial charge in [0.05, 0.1) is 37.7 Å². The first-order chi connectivity index (χ1) is 13.2. The number of carbonyl (C=O) groups is 1. The summed E-state index contributed by atoms with van der Waals surface area (Å²) in [6, 6.07) is 11.2. The van der Waals surface area contributed by atoms with Crippen molar-refractivity contribution in [2.75, 3.05) is 13.7 Å². The van der Waals surface area contributed by atoms with Crippen LogP contribution in [0.5, 0.6) is 5.75 Å². The Morgan fingerprint density at radius 1 is 1.22 bits per heavy atom. The van der Waals surface area contributed by atoms with E-state index in [1.807, 2.05) is 36.4 Å². The molecule has 1 N–H and O–H groups in total. The second-order valence-electron chi connectivity index (χ2n) is 5.96. The molecule has 0 fully saturated rings. The number of furan rings is 1. The molecule has 1 aromatic carbocycles. The van der Waals surface area contributed by atoms with E-state index in [0.717, 1.165) is 24.2 Å². The SMILES string of the molecule is COc1ccccc1-c1nc(CC(=O)NOCCCc2ccco2)c(C)o1. The highest BCUT2D eigenvalue weighted by molar-refractivity contribution is 5.77. The molecule has 0 atom stereocenters. The number of hydrogen-bond donors (Lipinski definition) is 1. The molecule has 3 rings (SSSR count). The summed E-state index contributed by atoms with van der Waals surface area (Å²) in [7, 11) is 1.59. The van der Waals surface area contributed by atoms with Gasteiger partial charge < -0.3 is 13.6 Å². The maximum absolute atomic E-state index is 12.1. The number of oxazole rings is 1. The van der Waals surface area contributed by atoms with Gasteiger partial charge in [0.15, 0.2) is 0 Å². The molecule has 7 heteroatoms. The molecule has 2 heterocycles. The number of hydrogen-bond acceptors (Lipinski definition) is 6. The van der Waals surface area contributed by atoms with Crippen molar-refractivity contribution in [3.8, 4) is 17.2 Å². The number of benzene rings is 1. The number of rotatable bonds is 9. The molecule has 1 amide bonds. The molecule has 0 aliphatic rings. The third-order valence-corrected chi connectivity index (χ3v) is 3.99. The lowest BCUT2D eigenvalue weighted by Crippen LogP contribution is -2.26. The van der Waals surface area contributed by atoms with Crippen molar-refractivity contribution in [3.63, 3.8) is 0 Å². The van der Waals surface area contributed by atoms with E-state index in [9.17, 15) is 4.79 Å². The predicted octanol–water partition coefficient (Wildman–Crippen LogP) is 3.47. The summed E-state index contributed by atoms with van der Waals surface area (Å²) < 4.78 is 16.3. The van der Waals surface area contributed by atoms with Crippen LogP contribution >= 0.6 is 0 Å². The predicted molar refractivity (Wildman–Crippen MR) is 98.1 cm³/mol. The smallest absolute Gasteiger partial charge is 0.249 e. The molecule has 0 aliphatic heterocycles. The van der Waals surface area contributed by atoms with Gasteiger partial charge in [0.2, 0.25) is 11.8 Å². The number of aromatic nitrogens is 1. The van der Waals surface area contributed by atoms with Gasteiger partial charge in [-0.3, -0.25) is 9.63 Å². The number of methoxy groups -OCH3 is 1. The first kappa shape index (κ1) is 18.7. The zero-order valence-electron chi connectivity index (χ0n) is 15.4. The Hall–Kier alpha value is -3.06. The number of para-hydroxylation sites is 1. The fourth-order valence-electron chi connectivity index (χ4n) is 2.62. The van der Waals surface area contributed by atoms with Gasteiger partial charge in [0, 0.05) is 6.42 Å². The van der Waals surface area contributed by atoms with Crippen molar-refractivity contribution in [1.82, 2.24) is 10.5 Å². The minimum Gasteiger partial charge on any atom is -0.496 e. The van der Waals surface area contributed by atoms with Crippen molar-refractivity contribution in [2.45, 2.75) is 26.2 Å². The summed E-state index contributed by atoms with van der Waals surface area (Å²) in [5.74, 6) is 2.29. The molecule has 0 spiro atoms. The molecule has 3 aromatic rings. The van der Waals surface area contributed by atoms with E-state index in [4.69, 9.17) is 18.4 Å². The van der Waals surface area contributed by atoms with Crippen LogP contribution in [0.15, 0.2) is 51.5 Å². The van der Waals surface area contributed by atoms with Gasteiger partial charge in [0.1, 0.15) is 17.3 Å². The van der Waals surface area contributed by atoms with Crippen molar-refractivity contribution in [3.05, 3.63) is 59.9 Å². The fourth-order valence-corrected chi connectivity index (χ4v) is 2.62. The molecule has 7 nitrogen and oxygen atoms in total. The van der Waals surface area contributed by atoms with Crippen LogP contribution in [-0.4, -0.2) is 24.6 Å². The van der Waals surface area contributed by atoms with Gasteiger partial charge in [-0.1, -0.05) is 12.1 Å². The van der Waals surface area contributed by atoms with E-state index in [1.54, 1.807) is 20.3 Å². The molecule has 0 radical (unpaired) electrons. The minimum atomic E-state index is -0.282. The molecule has 2 aromatic heterocycles. The van der Waals surface area contributed by atoms with Gasteiger partial charge in [-0.15, -0.1) is 0 Å². The summed E-state index contributed by atoms with van der Waals surface area (Å²) in [4.78, 5) is 21.7. The number of nitrogens with zero attached hydrogens (tertiary/aromatic N) is 1. The van der Waals surface area contributed by atoms with Gasteiger partial charge in [0.25, 0.3) is 0 Å². The standard InChI is InChI=1S/C20H22N2O5/c1-14-17(21-20(27-14)16-9-3-4-10-18(16)24-2)13-19(23)22-26-12-6-8-15-7-5-11-25-15/h3-5,7,9-11H,6,8,12-13H2,1-2H3,(H,22,23). The second-order valence-corrected chi connectivity index (χ2v) is 5.96. The Morgan fingerprint density at radius 2 is 2.07 bits per heavy atom. The van der Waals surface area contributed by atoms with Gasteiger partial charge in [-0.25, -0.2) is 10.5 Å². The van der Waals surface area contributed by atoms with Crippen LogP contribution in [0.25, 0.3) is 11.5 Å². The first-order valence-corrected chi connectivity index (χ1v) is 8.70. The molecule has 27 heavy (non-hydrogen) atoms. The third-order valence-electron chi connectivity index (χ3n) is 3.99. The molecule has 0 saturated carbocycles. The van der Waals surface area contributed by atoms with E-state index in [0.29, 0.717) is 29.7 Å². The number of amides is 1. The number of ether oxygens (including phenoxy) is 1. The zero-order valence-corrected chi connectivity index (χ0v) is 15.4. The Morgan fingerprint density at radius 3 is 2.85 bits per heavy atom. The summed E-state index contributed by atoms with van der Waals surface area (Å²) in [6.45, 7) is 2.18. The Labute approximate surface area is 157 Å². The van der Waals surface area contributed by atoms with E-state index >= 15 is 0 Å². The fraction of sp³-hybridized carbons (Fsp3) is 0.300. The van der Waals surface area contributed by atoms with Crippen molar-refractivity contribution in [1.29, 1.82) is 0 Å². The monoisotopic (exact) mass is 370 g/mol. The highest BCUT2D eigenvalue weighted by Gasteiger charge is 2.17. The highest BCUT2D eigenvalue weighted by atomic mass is 16.6. The summed E-state index contributed by atoms with van der Waals surface area (Å²) in [5, 5.41) is 0. The first-order valence-electron chi connectivity index (χ1n) is 8.70. The van der Waals surface area contributed by atoms with E-state index in [2.05, 4.69) is 10.5 Å². The average molecular weight is 370 g/mol. The number of aryl methyl sites for hydroxylation is 2. The quantitative estimate of drug-likeness (QED) is 0.458. The maximum Gasteiger partial charge on any atom is 0.249 e. The number of nitrogens with one attached hydrogen (secondary N) is 1. The Bertz CT molecular complexity index is 870. The number of hydroxylamine groups is 1. The largest absolute Gasteiger partial charge is 0.496 e. The normalized spacial score (nSPS) is 10.7. The molecule has 142 valence electrons. The van der Waals surface area contributed by atoms with Gasteiger partial charge in [-0.2, -0.15) is 0 Å². The Kier molecular flexibility index (Phi) is 6.27. The van der Waals surface area contributed by atoms with Gasteiger partial charge in [-0.05, 0) is 37.6 Å². The summed E-state index contributed by atoms with van der Waals surface area (Å²) in [6.07, 6.45) is 3.21. The zero-order chi connectivity index (χ0) is 19.1. The molecule has 0 aliphatic carbocycles. The van der Waals surface area contributed by atoms with Crippen LogP contribution in [0.3, 0.4) is 0 Å². The summed E-state index contributed by atoms with van der Waals surface area (Å²) in [5.41, 5.74) is 3.74. The number of carbonyl (C=O) groups excluding carboxylic acids is 1. The highest BCUT2D eigenvalue weighted by Crippen LogP contribution is 2.30. The Balaban J connectivity index is 1.50. The van der Waals surface area contributed by atoms with E-state index < -0.39 is 0 Å².